The van der Waals surface area contributed by atoms with E-state index in [-0.39, 0.29) is 29.7 Å². The number of rotatable bonds is 14. The van der Waals surface area contributed by atoms with Gasteiger partial charge in [-0.15, -0.1) is 0 Å². The zero-order valence-electron chi connectivity index (χ0n) is 33.2. The molecule has 19 nitrogen and oxygen atoms in total. The van der Waals surface area contributed by atoms with Gasteiger partial charge in [0.05, 0.1) is 19.0 Å². The summed E-state index contributed by atoms with van der Waals surface area (Å²) >= 11 is 0. The number of aromatic nitrogens is 6. The van der Waals surface area contributed by atoms with Crippen LogP contribution in [0.4, 0.5) is 11.6 Å². The monoisotopic (exact) mass is 831 g/mol. The second-order valence-corrected chi connectivity index (χ2v) is 16.6. The Morgan fingerprint density at radius 2 is 1.53 bits per heavy atom. The van der Waals surface area contributed by atoms with Crippen molar-refractivity contribution in [2.45, 2.75) is 70.2 Å². The lowest BCUT2D eigenvalue weighted by molar-refractivity contribution is -0.0593. The fourth-order valence-electron chi connectivity index (χ4n) is 7.13. The molecule has 7 rings (SSSR count). The summed E-state index contributed by atoms with van der Waals surface area (Å²) in [7, 11) is 0.395. The first-order valence-electron chi connectivity index (χ1n) is 19.0. The fourth-order valence-corrected chi connectivity index (χ4v) is 8.58. The number of aliphatic hydroxyl groups excluding tert-OH is 1. The lowest BCUT2D eigenvalue weighted by Crippen LogP contribution is -2.36. The van der Waals surface area contributed by atoms with E-state index >= 15 is 0 Å². The Balaban J connectivity index is 1.05. The van der Waals surface area contributed by atoms with E-state index in [1.54, 1.807) is 78.4 Å². The number of aryl methyl sites for hydroxylation is 1. The van der Waals surface area contributed by atoms with E-state index in [4.69, 9.17) is 23.3 Å². The molecule has 2 aromatic carbocycles. The second-order valence-electron chi connectivity index (χ2n) is 14.4. The number of fused-ring (bicyclic) bond motifs is 1. The topological polar surface area (TPSA) is 223 Å². The Morgan fingerprint density at radius 3 is 2.14 bits per heavy atom. The molecule has 2 fully saturated rings. The van der Waals surface area contributed by atoms with Crippen molar-refractivity contribution in [3.05, 3.63) is 107 Å². The standard InChI is InChI=1S/C39H46N9O10P/c1-7-26-30(23(3)37(56-26)47-18-22(2)32(45-39(47)52)43-35(50)24-14-10-8-11-15-24)58-59(53,46(4)5)55-19-27-29(49)31(54-6)38(57-27)48-21-42-28-33(40-20-41-34(28)48)44-36(51)25-16-12-9-13-17-25/h8-18,20-21,23,26-27,29-31,37-38,49H,7,19H2,1-6H3,(H,40,41,44,51)(H,43,45,50,52)/t23-,26+,27+,29?,30?,31-,37+,38+,59?/m0/s1. The quantitative estimate of drug-likeness (QED) is 0.134. The first-order chi connectivity index (χ1) is 28.3. The molecule has 0 saturated carbocycles. The number of methoxy groups -OCH3 is 1. The highest BCUT2D eigenvalue weighted by molar-refractivity contribution is 7.51. The third-order valence-corrected chi connectivity index (χ3v) is 12.3. The minimum atomic E-state index is -4.10. The van der Waals surface area contributed by atoms with Gasteiger partial charge >= 0.3 is 13.4 Å². The Bertz CT molecular complexity index is 2400. The number of ether oxygens (including phenoxy) is 3. The molecule has 0 radical (unpaired) electrons. The zero-order chi connectivity index (χ0) is 42.0. The van der Waals surface area contributed by atoms with Crippen LogP contribution in [0.5, 0.6) is 0 Å². The van der Waals surface area contributed by atoms with E-state index in [9.17, 15) is 24.1 Å². The van der Waals surface area contributed by atoms with Crippen molar-refractivity contribution in [2.24, 2.45) is 5.92 Å². The molecule has 9 atom stereocenters. The normalized spacial score (nSPS) is 25.3. The van der Waals surface area contributed by atoms with E-state index < -0.39 is 68.2 Å². The highest BCUT2D eigenvalue weighted by Crippen LogP contribution is 2.55. The summed E-state index contributed by atoms with van der Waals surface area (Å²) in [5.41, 5.74) is 1.31. The van der Waals surface area contributed by atoms with Gasteiger partial charge in [0.25, 0.3) is 11.8 Å². The maximum Gasteiger partial charge on any atom is 0.408 e. The SMILES string of the molecule is CC[C@H]1O[C@@H](n2cc(C)c(NC(=O)c3ccccc3)nc2=O)[C@@H](C)C1OP(=O)(OC[C@H]1O[C@@H](n2cnc3c(NC(=O)c4ccccc4)ncnc32)[C@@H](OC)C1O)N(C)C. The number of imidazole rings is 1. The van der Waals surface area contributed by atoms with E-state index in [1.165, 1.54) is 43.1 Å². The number of nitrogens with one attached hydrogen (secondary N) is 2. The van der Waals surface area contributed by atoms with Crippen LogP contribution >= 0.6 is 7.75 Å². The van der Waals surface area contributed by atoms with Gasteiger partial charge in [-0.1, -0.05) is 50.2 Å². The summed E-state index contributed by atoms with van der Waals surface area (Å²) in [6, 6.07) is 17.2. The lowest BCUT2D eigenvalue weighted by Gasteiger charge is -2.30. The van der Waals surface area contributed by atoms with Crippen LogP contribution < -0.4 is 16.3 Å². The third-order valence-electron chi connectivity index (χ3n) is 10.4. The molecule has 2 amide bonds. The summed E-state index contributed by atoms with van der Waals surface area (Å²) in [5, 5.41) is 16.9. The van der Waals surface area contributed by atoms with Crippen LogP contribution in [0.3, 0.4) is 0 Å². The number of carbonyl (C=O) groups is 2. The summed E-state index contributed by atoms with van der Waals surface area (Å²) < 4.78 is 49.3. The van der Waals surface area contributed by atoms with Gasteiger partial charge in [0.15, 0.2) is 23.2 Å². The molecule has 0 spiro atoms. The average molecular weight is 832 g/mol. The van der Waals surface area contributed by atoms with Gasteiger partial charge in [-0.25, -0.2) is 29.0 Å². The van der Waals surface area contributed by atoms with Gasteiger partial charge in [0.2, 0.25) is 0 Å². The van der Waals surface area contributed by atoms with Crippen molar-refractivity contribution in [3.8, 4) is 0 Å². The molecule has 5 heterocycles. The largest absolute Gasteiger partial charge is 0.408 e. The number of hydrogen-bond acceptors (Lipinski definition) is 14. The smallest absolute Gasteiger partial charge is 0.387 e. The molecule has 2 aliphatic rings. The molecule has 2 saturated heterocycles. The number of amides is 2. The summed E-state index contributed by atoms with van der Waals surface area (Å²) in [5.74, 6) is -1.01. The van der Waals surface area contributed by atoms with Crippen LogP contribution in [0.15, 0.2) is 84.3 Å². The second kappa shape index (κ2) is 17.5. The van der Waals surface area contributed by atoms with Crippen molar-refractivity contribution in [1.82, 2.24) is 33.7 Å². The number of benzene rings is 2. The molecule has 3 unspecified atom stereocenters. The van der Waals surface area contributed by atoms with Crippen LogP contribution in [-0.4, -0.2) is 109 Å². The Hall–Kier alpha value is -5.24. The Morgan fingerprint density at radius 1 is 0.898 bits per heavy atom. The lowest BCUT2D eigenvalue weighted by atomic mass is 10.0. The van der Waals surface area contributed by atoms with Gasteiger partial charge < -0.3 is 30.0 Å². The first kappa shape index (κ1) is 41.9. The molecule has 0 bridgehead atoms. The maximum absolute atomic E-state index is 14.5. The number of hydrogen-bond donors (Lipinski definition) is 3. The number of nitrogens with zero attached hydrogens (tertiary/aromatic N) is 7. The summed E-state index contributed by atoms with van der Waals surface area (Å²) in [4.78, 5) is 56.2. The van der Waals surface area contributed by atoms with E-state index in [2.05, 4.69) is 30.6 Å². The van der Waals surface area contributed by atoms with Crippen molar-refractivity contribution in [3.63, 3.8) is 0 Å². The van der Waals surface area contributed by atoms with Crippen molar-refractivity contribution >= 4 is 42.4 Å². The minimum absolute atomic E-state index is 0.122. The number of carbonyl (C=O) groups excluding carboxylic acids is 2. The van der Waals surface area contributed by atoms with Crippen LogP contribution in [0, 0.1) is 12.8 Å². The Labute approximate surface area is 339 Å². The average Bonchev–Trinajstić information content (AvgIpc) is 3.91. The maximum atomic E-state index is 14.5. The third kappa shape index (κ3) is 8.46. The van der Waals surface area contributed by atoms with Crippen molar-refractivity contribution in [2.75, 3.05) is 38.4 Å². The van der Waals surface area contributed by atoms with Crippen molar-refractivity contribution in [1.29, 1.82) is 0 Å². The molecule has 5 aromatic rings. The molecule has 2 aliphatic heterocycles. The molecule has 20 heteroatoms. The molecule has 312 valence electrons. The Kier molecular flexibility index (Phi) is 12.5. The number of anilines is 2. The molecule has 0 aliphatic carbocycles. The molecule has 59 heavy (non-hydrogen) atoms. The van der Waals surface area contributed by atoms with Crippen molar-refractivity contribution < 1.29 is 42.5 Å². The minimum Gasteiger partial charge on any atom is -0.387 e. The van der Waals surface area contributed by atoms with Gasteiger partial charge in [-0.05, 0) is 51.7 Å². The van der Waals surface area contributed by atoms with E-state index in [0.29, 0.717) is 28.8 Å². The fraction of sp³-hybridized carbons (Fsp3) is 0.410. The van der Waals surface area contributed by atoms with Crippen LogP contribution in [0.1, 0.15) is 59.0 Å². The molecule has 3 N–H and O–H groups in total. The van der Waals surface area contributed by atoms with Gasteiger partial charge in [-0.3, -0.25) is 27.8 Å². The highest BCUT2D eigenvalue weighted by atomic mass is 31.2. The van der Waals surface area contributed by atoms with Gasteiger partial charge in [0, 0.05) is 35.9 Å². The summed E-state index contributed by atoms with van der Waals surface area (Å²) in [6.07, 6.45) is -1.68. The van der Waals surface area contributed by atoms with Crippen LogP contribution in [-0.2, 0) is 27.8 Å². The van der Waals surface area contributed by atoms with Crippen LogP contribution in [0.2, 0.25) is 0 Å². The predicted molar refractivity (Wildman–Crippen MR) is 214 cm³/mol. The number of aliphatic hydroxyl groups is 1. The van der Waals surface area contributed by atoms with Crippen LogP contribution in [0.25, 0.3) is 11.2 Å². The molecular formula is C39H46N9O10P. The highest BCUT2D eigenvalue weighted by Gasteiger charge is 2.50. The van der Waals surface area contributed by atoms with Gasteiger partial charge in [0.1, 0.15) is 42.8 Å². The van der Waals surface area contributed by atoms with E-state index in [0.717, 1.165) is 0 Å². The molecular weight excluding hydrogens is 785 g/mol. The zero-order valence-corrected chi connectivity index (χ0v) is 34.1. The first-order valence-corrected chi connectivity index (χ1v) is 20.5. The van der Waals surface area contributed by atoms with E-state index in [1.807, 2.05) is 13.8 Å². The van der Waals surface area contributed by atoms with Gasteiger partial charge in [-0.2, -0.15) is 4.98 Å². The predicted octanol–water partition coefficient (Wildman–Crippen LogP) is 4.18. The molecule has 3 aromatic heterocycles. The summed E-state index contributed by atoms with van der Waals surface area (Å²) in [6.45, 7) is 5.04.